The van der Waals surface area contributed by atoms with Gasteiger partial charge in [0.25, 0.3) is 0 Å². The Hall–Kier alpha value is -0.790. The van der Waals surface area contributed by atoms with Gasteiger partial charge >= 0.3 is 0 Å². The minimum Gasteiger partial charge on any atom is -0.385 e. The fraction of sp³-hybridized carbons (Fsp3) is 0.880. The van der Waals surface area contributed by atoms with Gasteiger partial charge in [0.05, 0.1) is 6.04 Å². The van der Waals surface area contributed by atoms with E-state index in [-0.39, 0.29) is 0 Å². The smallest absolute Gasteiger partial charge is 0.0559 e. The molecule has 0 radical (unpaired) electrons. The molecule has 0 spiro atoms. The predicted molar refractivity (Wildman–Crippen MR) is 112 cm³/mol. The quantitative estimate of drug-likeness (QED) is 0.644. The summed E-state index contributed by atoms with van der Waals surface area (Å²) in [5.41, 5.74) is 2.65. The van der Waals surface area contributed by atoms with Gasteiger partial charge < -0.3 is 5.32 Å². The van der Waals surface area contributed by atoms with Gasteiger partial charge in [-0.05, 0) is 131 Å². The average Bonchev–Trinajstić information content (AvgIpc) is 2.60. The zero-order valence-corrected chi connectivity index (χ0v) is 17.4. The maximum Gasteiger partial charge on any atom is 0.0559 e. The molecule has 1 N–H and O–H groups in total. The van der Waals surface area contributed by atoms with Gasteiger partial charge in [-0.25, -0.2) is 0 Å². The van der Waals surface area contributed by atoms with Crippen LogP contribution < -0.4 is 5.32 Å². The van der Waals surface area contributed by atoms with Crippen LogP contribution in [0.15, 0.2) is 16.8 Å². The Morgan fingerprint density at radius 2 is 1.11 bits per heavy atom. The van der Waals surface area contributed by atoms with Crippen LogP contribution in [0.4, 0.5) is 0 Å². The van der Waals surface area contributed by atoms with Crippen molar-refractivity contribution in [3.63, 3.8) is 0 Å². The van der Waals surface area contributed by atoms with Crippen molar-refractivity contribution in [2.75, 3.05) is 0 Å². The monoisotopic (exact) mass is 366 g/mol. The highest BCUT2D eigenvalue weighted by Crippen LogP contribution is 2.55. The molecule has 0 atom stereocenters. The Morgan fingerprint density at radius 1 is 0.667 bits per heavy atom. The van der Waals surface area contributed by atoms with E-state index in [1.807, 2.05) is 0 Å². The Bertz CT molecular complexity index is 603. The second-order valence-corrected chi connectivity index (χ2v) is 11.6. The first-order valence-electron chi connectivity index (χ1n) is 12.1. The first kappa shape index (κ1) is 17.1. The molecule has 0 aromatic rings. The summed E-state index contributed by atoms with van der Waals surface area (Å²) < 4.78 is 0. The van der Waals surface area contributed by atoms with Gasteiger partial charge in [-0.2, -0.15) is 0 Å². The second kappa shape index (κ2) is 6.36. The summed E-state index contributed by atoms with van der Waals surface area (Å²) in [6, 6.07) is 1.39. The lowest BCUT2D eigenvalue weighted by Gasteiger charge is -2.54. The second-order valence-electron chi connectivity index (χ2n) is 11.6. The minimum atomic E-state index is 0.642. The molecule has 8 saturated carbocycles. The summed E-state index contributed by atoms with van der Waals surface area (Å²) in [7, 11) is 0. The molecule has 2 nitrogen and oxygen atoms in total. The first-order chi connectivity index (χ1) is 13.1. The Morgan fingerprint density at radius 3 is 1.59 bits per heavy atom. The zero-order valence-electron chi connectivity index (χ0n) is 17.4. The molecule has 0 heterocycles. The third-order valence-electron chi connectivity index (χ3n) is 9.58. The SMILES string of the molecule is CC(=CC(C)=NC1C2CC3CC(C2)CC1C3)NC1C2CC3CC(C2)CC1C3. The van der Waals surface area contributed by atoms with Crippen LogP contribution in [0.3, 0.4) is 0 Å². The molecular formula is C25H38N2. The Balaban J connectivity index is 1.13. The van der Waals surface area contributed by atoms with Gasteiger partial charge in [0.2, 0.25) is 0 Å². The number of nitrogens with one attached hydrogen (secondary N) is 1. The summed E-state index contributed by atoms with van der Waals surface area (Å²) in [5, 5.41) is 3.97. The molecule has 8 fully saturated rings. The number of hydrogen-bond acceptors (Lipinski definition) is 2. The highest BCUT2D eigenvalue weighted by Gasteiger charge is 2.49. The third-order valence-corrected chi connectivity index (χ3v) is 9.58. The lowest BCUT2D eigenvalue weighted by molar-refractivity contribution is -0.0101. The van der Waals surface area contributed by atoms with Crippen molar-refractivity contribution in [1.82, 2.24) is 5.32 Å². The zero-order chi connectivity index (χ0) is 18.1. The van der Waals surface area contributed by atoms with Gasteiger partial charge in [0, 0.05) is 17.5 Å². The van der Waals surface area contributed by atoms with Crippen LogP contribution in [0.25, 0.3) is 0 Å². The van der Waals surface area contributed by atoms with E-state index in [1.54, 1.807) is 6.42 Å². The fourth-order valence-corrected chi connectivity index (χ4v) is 9.16. The molecule has 0 saturated heterocycles. The van der Waals surface area contributed by atoms with Crippen molar-refractivity contribution >= 4 is 5.71 Å². The summed E-state index contributed by atoms with van der Waals surface area (Å²) in [4.78, 5) is 5.30. The lowest BCUT2D eigenvalue weighted by atomic mass is 9.54. The van der Waals surface area contributed by atoms with Crippen LogP contribution in [-0.2, 0) is 0 Å². The molecule has 8 bridgehead atoms. The number of allylic oxidation sites excluding steroid dienone is 2. The molecule has 8 aliphatic carbocycles. The number of aliphatic imine (C=N–C) groups is 1. The molecule has 8 aliphatic rings. The van der Waals surface area contributed by atoms with Crippen molar-refractivity contribution in [3.05, 3.63) is 11.8 Å². The van der Waals surface area contributed by atoms with E-state index >= 15 is 0 Å². The third kappa shape index (κ3) is 3.01. The first-order valence-corrected chi connectivity index (χ1v) is 12.1. The predicted octanol–water partition coefficient (Wildman–Crippen LogP) is 5.59. The summed E-state index contributed by atoms with van der Waals surface area (Å²) in [6.07, 6.45) is 17.4. The maximum absolute atomic E-state index is 5.30. The van der Waals surface area contributed by atoms with Crippen LogP contribution in [-0.4, -0.2) is 17.8 Å². The molecule has 8 rings (SSSR count). The van der Waals surface area contributed by atoms with Crippen molar-refractivity contribution in [2.24, 2.45) is 52.3 Å². The van der Waals surface area contributed by atoms with Crippen molar-refractivity contribution < 1.29 is 0 Å². The van der Waals surface area contributed by atoms with E-state index in [1.165, 1.54) is 69.2 Å². The molecule has 2 heteroatoms. The number of rotatable bonds is 4. The number of hydrogen-bond donors (Lipinski definition) is 1. The fourth-order valence-electron chi connectivity index (χ4n) is 9.16. The molecule has 0 aromatic carbocycles. The van der Waals surface area contributed by atoms with Gasteiger partial charge in [-0.3, -0.25) is 4.99 Å². The van der Waals surface area contributed by atoms with E-state index in [4.69, 9.17) is 4.99 Å². The summed E-state index contributed by atoms with van der Waals surface area (Å²) >= 11 is 0. The van der Waals surface area contributed by atoms with Crippen LogP contribution in [0, 0.1) is 47.3 Å². The van der Waals surface area contributed by atoms with Gasteiger partial charge in [-0.15, -0.1) is 0 Å². The normalized spacial score (nSPS) is 53.3. The average molecular weight is 367 g/mol. The largest absolute Gasteiger partial charge is 0.385 e. The van der Waals surface area contributed by atoms with Crippen molar-refractivity contribution in [3.8, 4) is 0 Å². The van der Waals surface area contributed by atoms with Crippen molar-refractivity contribution in [1.29, 1.82) is 0 Å². The Kier molecular flexibility index (Phi) is 4.03. The topological polar surface area (TPSA) is 24.4 Å². The molecule has 0 amide bonds. The standard InChI is InChI=1S/C25H38N2/c1-14(26-24-20-6-16-4-17(8-20)9-21(24)7-16)3-15(2)27-25-22-10-18-5-19(12-22)13-23(25)11-18/h3,16-26H,4-13H2,1-2H3. The van der Waals surface area contributed by atoms with E-state index in [9.17, 15) is 0 Å². The van der Waals surface area contributed by atoms with E-state index in [0.717, 1.165) is 53.4 Å². The molecule has 148 valence electrons. The molecular weight excluding hydrogens is 328 g/mol. The van der Waals surface area contributed by atoms with E-state index in [0.29, 0.717) is 6.04 Å². The van der Waals surface area contributed by atoms with Crippen LogP contribution >= 0.6 is 0 Å². The Labute approximate surface area is 165 Å². The van der Waals surface area contributed by atoms with Crippen LogP contribution in [0.5, 0.6) is 0 Å². The lowest BCUT2D eigenvalue weighted by Crippen LogP contribution is -2.54. The number of nitrogens with zero attached hydrogens (tertiary/aromatic N) is 1. The maximum atomic E-state index is 5.30. The molecule has 27 heavy (non-hydrogen) atoms. The summed E-state index contributed by atoms with van der Waals surface area (Å²) in [6.45, 7) is 4.55. The minimum absolute atomic E-state index is 0.642. The van der Waals surface area contributed by atoms with Gasteiger partial charge in [0.1, 0.15) is 0 Å². The van der Waals surface area contributed by atoms with Gasteiger partial charge in [-0.1, -0.05) is 0 Å². The van der Waals surface area contributed by atoms with Crippen LogP contribution in [0.2, 0.25) is 0 Å². The van der Waals surface area contributed by atoms with E-state index in [2.05, 4.69) is 25.2 Å². The van der Waals surface area contributed by atoms with Gasteiger partial charge in [0.15, 0.2) is 0 Å². The van der Waals surface area contributed by atoms with E-state index < -0.39 is 0 Å². The molecule has 0 aliphatic heterocycles. The highest BCUT2D eigenvalue weighted by molar-refractivity contribution is 5.93. The van der Waals surface area contributed by atoms with Crippen LogP contribution in [0.1, 0.15) is 78.1 Å². The summed E-state index contributed by atoms with van der Waals surface area (Å²) in [5.74, 6) is 7.94. The molecule has 0 aromatic heterocycles. The van der Waals surface area contributed by atoms with Crippen molar-refractivity contribution in [2.45, 2.75) is 90.1 Å². The molecule has 0 unspecified atom stereocenters. The highest BCUT2D eigenvalue weighted by atomic mass is 15.0.